The molecule has 2 aliphatic rings. The maximum absolute atomic E-state index is 11.1. The van der Waals surface area contributed by atoms with Crippen LogP contribution in [0.1, 0.15) is 12.5 Å². The summed E-state index contributed by atoms with van der Waals surface area (Å²) in [7, 11) is 0. The van der Waals surface area contributed by atoms with Crippen LogP contribution in [0.4, 0.5) is 5.69 Å². The van der Waals surface area contributed by atoms with E-state index >= 15 is 0 Å². The van der Waals surface area contributed by atoms with E-state index in [0.717, 1.165) is 19.6 Å². The molecule has 3 atom stereocenters. The Bertz CT molecular complexity index is 537. The lowest BCUT2D eigenvalue weighted by Gasteiger charge is -2.24. The van der Waals surface area contributed by atoms with Crippen molar-refractivity contribution in [1.82, 2.24) is 10.2 Å². The Morgan fingerprint density at radius 1 is 1.50 bits per heavy atom. The van der Waals surface area contributed by atoms with E-state index in [9.17, 15) is 10.1 Å². The Morgan fingerprint density at radius 3 is 3.00 bits per heavy atom. The number of nitro benzene ring substituents is 1. The molecule has 3 rings (SSSR count). The fourth-order valence-corrected chi connectivity index (χ4v) is 3.74. The second-order valence-electron chi connectivity index (χ2n) is 5.78. The monoisotopic (exact) mass is 295 g/mol. The van der Waals surface area contributed by atoms with Crippen molar-refractivity contribution in [3.63, 3.8) is 0 Å². The number of nitro groups is 1. The average molecular weight is 296 g/mol. The SMILES string of the molecule is CC1C2CNCC2CN1Cc1cc(Cl)ccc1[N+](=O)[O-]. The van der Waals surface area contributed by atoms with Crippen LogP contribution in [0, 0.1) is 22.0 Å². The Hall–Kier alpha value is -1.17. The van der Waals surface area contributed by atoms with Gasteiger partial charge in [0.2, 0.25) is 0 Å². The summed E-state index contributed by atoms with van der Waals surface area (Å²) in [4.78, 5) is 13.1. The lowest BCUT2D eigenvalue weighted by atomic mass is 9.95. The van der Waals surface area contributed by atoms with Crippen molar-refractivity contribution in [2.24, 2.45) is 11.8 Å². The van der Waals surface area contributed by atoms with Gasteiger partial charge in [-0.25, -0.2) is 0 Å². The second-order valence-corrected chi connectivity index (χ2v) is 6.22. The minimum atomic E-state index is -0.325. The van der Waals surface area contributed by atoms with Crippen LogP contribution >= 0.6 is 11.6 Å². The van der Waals surface area contributed by atoms with Gasteiger partial charge in [-0.3, -0.25) is 15.0 Å². The van der Waals surface area contributed by atoms with Gasteiger partial charge in [0.05, 0.1) is 4.92 Å². The Morgan fingerprint density at radius 2 is 2.30 bits per heavy atom. The fraction of sp³-hybridized carbons (Fsp3) is 0.571. The summed E-state index contributed by atoms with van der Waals surface area (Å²) < 4.78 is 0. The van der Waals surface area contributed by atoms with Crippen LogP contribution in [0.3, 0.4) is 0 Å². The van der Waals surface area contributed by atoms with Gasteiger partial charge < -0.3 is 5.32 Å². The van der Waals surface area contributed by atoms with Gasteiger partial charge in [0, 0.05) is 35.8 Å². The molecule has 0 bridgehead atoms. The molecule has 1 N–H and O–H groups in total. The first-order valence-corrected chi connectivity index (χ1v) is 7.31. The van der Waals surface area contributed by atoms with E-state index in [0.29, 0.717) is 35.0 Å². The standard InChI is InChI=1S/C14H18ClN3O2/c1-9-13-6-16-5-11(13)8-17(9)7-10-4-12(15)2-3-14(10)18(19)20/h2-4,9,11,13,16H,5-8H2,1H3. The molecule has 1 aromatic carbocycles. The highest BCUT2D eigenvalue weighted by Crippen LogP contribution is 2.34. The third kappa shape index (κ3) is 2.41. The van der Waals surface area contributed by atoms with Crippen LogP contribution in [0.2, 0.25) is 5.02 Å². The molecule has 2 fully saturated rings. The third-order valence-electron chi connectivity index (χ3n) is 4.67. The summed E-state index contributed by atoms with van der Waals surface area (Å²) in [5, 5.41) is 15.1. The van der Waals surface area contributed by atoms with Crippen LogP contribution in [0.15, 0.2) is 18.2 Å². The topological polar surface area (TPSA) is 58.4 Å². The predicted molar refractivity (Wildman–Crippen MR) is 77.8 cm³/mol. The van der Waals surface area contributed by atoms with Crippen LogP contribution < -0.4 is 5.32 Å². The summed E-state index contributed by atoms with van der Waals surface area (Å²) >= 11 is 5.99. The van der Waals surface area contributed by atoms with E-state index in [1.54, 1.807) is 12.1 Å². The van der Waals surface area contributed by atoms with E-state index < -0.39 is 0 Å². The van der Waals surface area contributed by atoms with Gasteiger partial charge in [0.15, 0.2) is 0 Å². The molecular weight excluding hydrogens is 278 g/mol. The van der Waals surface area contributed by atoms with Gasteiger partial charge in [0.25, 0.3) is 5.69 Å². The summed E-state index contributed by atoms with van der Waals surface area (Å²) in [6.45, 7) is 5.94. The maximum Gasteiger partial charge on any atom is 0.273 e. The highest BCUT2D eigenvalue weighted by molar-refractivity contribution is 6.30. The van der Waals surface area contributed by atoms with Crippen molar-refractivity contribution in [1.29, 1.82) is 0 Å². The summed E-state index contributed by atoms with van der Waals surface area (Å²) in [6, 6.07) is 5.25. The summed E-state index contributed by atoms with van der Waals surface area (Å²) in [5.74, 6) is 1.33. The highest BCUT2D eigenvalue weighted by Gasteiger charge is 2.41. The fourth-order valence-electron chi connectivity index (χ4n) is 3.54. The maximum atomic E-state index is 11.1. The normalized spacial score (nSPS) is 29.6. The van der Waals surface area contributed by atoms with Gasteiger partial charge in [-0.05, 0) is 44.0 Å². The number of nitrogens with zero attached hydrogens (tertiary/aromatic N) is 2. The molecule has 20 heavy (non-hydrogen) atoms. The van der Waals surface area contributed by atoms with E-state index in [1.165, 1.54) is 6.07 Å². The molecule has 0 aliphatic carbocycles. The average Bonchev–Trinajstić information content (AvgIpc) is 2.94. The molecule has 3 unspecified atom stereocenters. The summed E-state index contributed by atoms with van der Waals surface area (Å²) in [5.41, 5.74) is 0.874. The molecule has 5 nitrogen and oxygen atoms in total. The van der Waals surface area contributed by atoms with Crippen molar-refractivity contribution in [2.75, 3.05) is 19.6 Å². The zero-order valence-electron chi connectivity index (χ0n) is 11.4. The number of hydrogen-bond acceptors (Lipinski definition) is 4. The van der Waals surface area contributed by atoms with Crippen LogP contribution in [-0.2, 0) is 6.54 Å². The third-order valence-corrected chi connectivity index (χ3v) is 4.90. The van der Waals surface area contributed by atoms with Crippen LogP contribution in [0.25, 0.3) is 0 Å². The van der Waals surface area contributed by atoms with Crippen molar-refractivity contribution in [3.05, 3.63) is 38.9 Å². The van der Waals surface area contributed by atoms with Crippen molar-refractivity contribution < 1.29 is 4.92 Å². The Labute approximate surface area is 123 Å². The zero-order valence-corrected chi connectivity index (χ0v) is 12.1. The number of rotatable bonds is 3. The van der Waals surface area contributed by atoms with E-state index in [-0.39, 0.29) is 10.6 Å². The van der Waals surface area contributed by atoms with Crippen LogP contribution in [0.5, 0.6) is 0 Å². The zero-order chi connectivity index (χ0) is 14.3. The highest BCUT2D eigenvalue weighted by atomic mass is 35.5. The molecule has 0 radical (unpaired) electrons. The molecule has 0 amide bonds. The van der Waals surface area contributed by atoms with Gasteiger partial charge in [-0.2, -0.15) is 0 Å². The lowest BCUT2D eigenvalue weighted by Crippen LogP contribution is -2.32. The smallest absolute Gasteiger partial charge is 0.273 e. The van der Waals surface area contributed by atoms with E-state index in [1.807, 2.05) is 0 Å². The largest absolute Gasteiger partial charge is 0.316 e. The molecule has 0 aromatic heterocycles. The molecule has 6 heteroatoms. The number of benzene rings is 1. The Kier molecular flexibility index (Phi) is 3.67. The molecule has 0 spiro atoms. The second kappa shape index (κ2) is 5.31. The van der Waals surface area contributed by atoms with Gasteiger partial charge >= 0.3 is 0 Å². The Balaban J connectivity index is 1.81. The predicted octanol–water partition coefficient (Wildman–Crippen LogP) is 2.29. The first-order valence-electron chi connectivity index (χ1n) is 6.94. The molecule has 108 valence electrons. The molecule has 1 aromatic rings. The molecular formula is C14H18ClN3O2. The van der Waals surface area contributed by atoms with Gasteiger partial charge in [-0.15, -0.1) is 0 Å². The lowest BCUT2D eigenvalue weighted by molar-refractivity contribution is -0.385. The summed E-state index contributed by atoms with van der Waals surface area (Å²) in [6.07, 6.45) is 0. The quantitative estimate of drug-likeness (QED) is 0.686. The van der Waals surface area contributed by atoms with Gasteiger partial charge in [-0.1, -0.05) is 11.6 Å². The number of nitrogens with one attached hydrogen (secondary N) is 1. The number of halogens is 1. The number of likely N-dealkylation sites (tertiary alicyclic amines) is 1. The van der Waals surface area contributed by atoms with E-state index in [4.69, 9.17) is 11.6 Å². The first-order chi connectivity index (χ1) is 9.56. The minimum absolute atomic E-state index is 0.164. The molecule has 0 saturated carbocycles. The first kappa shape index (κ1) is 13.8. The van der Waals surface area contributed by atoms with Crippen molar-refractivity contribution in [2.45, 2.75) is 19.5 Å². The van der Waals surface area contributed by atoms with Crippen molar-refractivity contribution >= 4 is 17.3 Å². The number of hydrogen-bond donors (Lipinski definition) is 1. The van der Waals surface area contributed by atoms with Gasteiger partial charge in [0.1, 0.15) is 0 Å². The molecule has 2 heterocycles. The molecule has 2 aliphatic heterocycles. The van der Waals surface area contributed by atoms with Crippen LogP contribution in [-0.4, -0.2) is 35.5 Å². The number of fused-ring (bicyclic) bond motifs is 1. The molecule has 2 saturated heterocycles. The van der Waals surface area contributed by atoms with Crippen molar-refractivity contribution in [3.8, 4) is 0 Å². The minimum Gasteiger partial charge on any atom is -0.316 e. The van der Waals surface area contributed by atoms with E-state index in [2.05, 4.69) is 17.1 Å².